The van der Waals surface area contributed by atoms with Crippen molar-refractivity contribution in [3.63, 3.8) is 0 Å². The molecule has 1 amide bonds. The predicted octanol–water partition coefficient (Wildman–Crippen LogP) is 3.92. The molecule has 4 nitrogen and oxygen atoms in total. The Balaban J connectivity index is 1.94. The van der Waals surface area contributed by atoms with Crippen molar-refractivity contribution in [2.45, 2.75) is 13.5 Å². The number of aryl methyl sites for hydroxylation is 1. The van der Waals surface area contributed by atoms with Crippen molar-refractivity contribution in [1.82, 2.24) is 0 Å². The maximum absolute atomic E-state index is 13.2. The van der Waals surface area contributed by atoms with Crippen molar-refractivity contribution in [2.24, 2.45) is 0 Å². The lowest BCUT2D eigenvalue weighted by molar-refractivity contribution is 0.187. The fourth-order valence-electron chi connectivity index (χ4n) is 1.86. The molecule has 110 valence electrons. The largest absolute Gasteiger partial charge is 0.453 e. The van der Waals surface area contributed by atoms with Gasteiger partial charge in [-0.2, -0.15) is 0 Å². The number of amides is 1. The summed E-state index contributed by atoms with van der Waals surface area (Å²) in [5, 5.41) is 5.81. The number of hydrogen-bond acceptors (Lipinski definition) is 3. The van der Waals surface area contributed by atoms with Crippen LogP contribution in [0.5, 0.6) is 0 Å². The molecule has 0 aliphatic rings. The molecule has 0 aliphatic carbocycles. The Kier molecular flexibility index (Phi) is 4.77. The third-order valence-electron chi connectivity index (χ3n) is 3.04. The lowest BCUT2D eigenvalue weighted by atomic mass is 10.1. The van der Waals surface area contributed by atoms with Gasteiger partial charge in [-0.05, 0) is 48.4 Å². The van der Waals surface area contributed by atoms with Gasteiger partial charge in [-0.15, -0.1) is 0 Å². The van der Waals surface area contributed by atoms with Gasteiger partial charge in [0.15, 0.2) is 0 Å². The summed E-state index contributed by atoms with van der Waals surface area (Å²) < 4.78 is 17.7. The average molecular weight is 288 g/mol. The van der Waals surface area contributed by atoms with E-state index in [4.69, 9.17) is 0 Å². The molecule has 21 heavy (non-hydrogen) atoms. The van der Waals surface area contributed by atoms with Crippen molar-refractivity contribution in [3.8, 4) is 0 Å². The van der Waals surface area contributed by atoms with Gasteiger partial charge < -0.3 is 10.1 Å². The highest BCUT2D eigenvalue weighted by Crippen LogP contribution is 2.16. The smallest absolute Gasteiger partial charge is 0.411 e. The van der Waals surface area contributed by atoms with Crippen LogP contribution in [0.2, 0.25) is 0 Å². The molecule has 2 N–H and O–H groups in total. The van der Waals surface area contributed by atoms with E-state index in [0.29, 0.717) is 17.8 Å². The number of halogens is 1. The fourth-order valence-corrected chi connectivity index (χ4v) is 1.86. The summed E-state index contributed by atoms with van der Waals surface area (Å²) in [7, 11) is 1.32. The third kappa shape index (κ3) is 4.21. The lowest BCUT2D eigenvalue weighted by Crippen LogP contribution is -2.10. The van der Waals surface area contributed by atoms with Crippen LogP contribution < -0.4 is 10.6 Å². The SMILES string of the molecule is COC(=O)Nc1ccc(NCc2ccc(F)c(C)c2)cc1. The average Bonchev–Trinajstić information content (AvgIpc) is 2.50. The first kappa shape index (κ1) is 14.8. The summed E-state index contributed by atoms with van der Waals surface area (Å²) >= 11 is 0. The summed E-state index contributed by atoms with van der Waals surface area (Å²) in [5.41, 5.74) is 3.20. The summed E-state index contributed by atoms with van der Waals surface area (Å²) in [6.07, 6.45) is -0.502. The standard InChI is InChI=1S/C16H17FN2O2/c1-11-9-12(3-8-15(11)17)10-18-13-4-6-14(7-5-13)19-16(20)21-2/h3-9,18H,10H2,1-2H3,(H,19,20). The number of carbonyl (C=O) groups is 1. The molecular formula is C16H17FN2O2. The predicted molar refractivity (Wildman–Crippen MR) is 80.9 cm³/mol. The Hall–Kier alpha value is -2.56. The normalized spacial score (nSPS) is 10.0. The minimum Gasteiger partial charge on any atom is -0.453 e. The molecule has 2 aromatic carbocycles. The van der Waals surface area contributed by atoms with E-state index in [1.54, 1.807) is 25.1 Å². The summed E-state index contributed by atoms with van der Waals surface area (Å²) in [5.74, 6) is -0.197. The number of nitrogens with one attached hydrogen (secondary N) is 2. The number of anilines is 2. The van der Waals surface area contributed by atoms with Crippen molar-refractivity contribution in [2.75, 3.05) is 17.7 Å². The second kappa shape index (κ2) is 6.74. The van der Waals surface area contributed by atoms with Crippen LogP contribution in [0.3, 0.4) is 0 Å². The molecule has 0 heterocycles. The molecule has 0 saturated heterocycles. The molecule has 0 aliphatic heterocycles. The second-order valence-corrected chi connectivity index (χ2v) is 4.63. The molecule has 0 unspecified atom stereocenters. The molecular weight excluding hydrogens is 271 g/mol. The van der Waals surface area contributed by atoms with E-state index >= 15 is 0 Å². The van der Waals surface area contributed by atoms with Gasteiger partial charge in [-0.1, -0.05) is 12.1 Å². The zero-order valence-electron chi connectivity index (χ0n) is 11.9. The molecule has 0 bridgehead atoms. The first-order valence-corrected chi connectivity index (χ1v) is 6.52. The fraction of sp³-hybridized carbons (Fsp3) is 0.188. The van der Waals surface area contributed by atoms with Crippen molar-refractivity contribution in [3.05, 3.63) is 59.4 Å². The Morgan fingerprint density at radius 3 is 2.43 bits per heavy atom. The number of carbonyl (C=O) groups excluding carboxylic acids is 1. The van der Waals surface area contributed by atoms with Gasteiger partial charge in [0, 0.05) is 17.9 Å². The van der Waals surface area contributed by atoms with E-state index in [1.165, 1.54) is 13.2 Å². The molecule has 0 spiro atoms. The van der Waals surface area contributed by atoms with E-state index in [-0.39, 0.29) is 5.82 Å². The van der Waals surface area contributed by atoms with Gasteiger partial charge in [0.05, 0.1) is 7.11 Å². The summed E-state index contributed by atoms with van der Waals surface area (Å²) in [6, 6.07) is 12.3. The van der Waals surface area contributed by atoms with Gasteiger partial charge in [-0.3, -0.25) is 5.32 Å². The first-order chi connectivity index (χ1) is 10.1. The number of hydrogen-bond donors (Lipinski definition) is 2. The van der Waals surface area contributed by atoms with Crippen LogP contribution in [0.4, 0.5) is 20.6 Å². The Labute approximate surface area is 122 Å². The molecule has 0 aromatic heterocycles. The van der Waals surface area contributed by atoms with Crippen molar-refractivity contribution < 1.29 is 13.9 Å². The second-order valence-electron chi connectivity index (χ2n) is 4.63. The van der Waals surface area contributed by atoms with Gasteiger partial charge in [-0.25, -0.2) is 9.18 Å². The van der Waals surface area contributed by atoms with Crippen molar-refractivity contribution >= 4 is 17.5 Å². The van der Waals surface area contributed by atoms with E-state index in [9.17, 15) is 9.18 Å². The van der Waals surface area contributed by atoms with E-state index in [0.717, 1.165) is 11.3 Å². The maximum atomic E-state index is 13.2. The zero-order valence-corrected chi connectivity index (χ0v) is 11.9. The Morgan fingerprint density at radius 2 is 1.81 bits per heavy atom. The molecule has 0 saturated carbocycles. The number of ether oxygens (including phenoxy) is 1. The maximum Gasteiger partial charge on any atom is 0.411 e. The highest BCUT2D eigenvalue weighted by Gasteiger charge is 2.01. The minimum absolute atomic E-state index is 0.197. The topological polar surface area (TPSA) is 50.4 Å². The number of benzene rings is 2. The van der Waals surface area contributed by atoms with E-state index in [1.807, 2.05) is 18.2 Å². The monoisotopic (exact) mass is 288 g/mol. The quantitative estimate of drug-likeness (QED) is 0.896. The Morgan fingerprint density at radius 1 is 1.14 bits per heavy atom. The van der Waals surface area contributed by atoms with Gasteiger partial charge in [0.25, 0.3) is 0 Å². The highest BCUT2D eigenvalue weighted by atomic mass is 19.1. The van der Waals surface area contributed by atoms with Gasteiger partial charge in [0.1, 0.15) is 5.82 Å². The molecule has 2 aromatic rings. The molecule has 5 heteroatoms. The van der Waals surface area contributed by atoms with Gasteiger partial charge in [0.2, 0.25) is 0 Å². The third-order valence-corrected chi connectivity index (χ3v) is 3.04. The number of methoxy groups -OCH3 is 1. The van der Waals surface area contributed by atoms with Crippen LogP contribution in [0.15, 0.2) is 42.5 Å². The number of rotatable bonds is 4. The molecule has 2 rings (SSSR count). The molecule has 0 fully saturated rings. The van der Waals surface area contributed by atoms with Gasteiger partial charge >= 0.3 is 6.09 Å². The van der Waals surface area contributed by atoms with Crippen LogP contribution in [0.1, 0.15) is 11.1 Å². The van der Waals surface area contributed by atoms with Crippen molar-refractivity contribution in [1.29, 1.82) is 0 Å². The van der Waals surface area contributed by atoms with E-state index in [2.05, 4.69) is 15.4 Å². The highest BCUT2D eigenvalue weighted by molar-refractivity contribution is 5.84. The molecule has 0 atom stereocenters. The zero-order chi connectivity index (χ0) is 15.2. The van der Waals surface area contributed by atoms with E-state index < -0.39 is 6.09 Å². The Bertz CT molecular complexity index is 627. The van der Waals surface area contributed by atoms with Crippen LogP contribution in [-0.4, -0.2) is 13.2 Å². The van der Waals surface area contributed by atoms with Crippen LogP contribution >= 0.6 is 0 Å². The van der Waals surface area contributed by atoms with Crippen LogP contribution in [0.25, 0.3) is 0 Å². The molecule has 0 radical (unpaired) electrons. The van der Waals surface area contributed by atoms with Crippen LogP contribution in [0, 0.1) is 12.7 Å². The van der Waals surface area contributed by atoms with Crippen LogP contribution in [-0.2, 0) is 11.3 Å². The first-order valence-electron chi connectivity index (χ1n) is 6.52. The minimum atomic E-state index is -0.502. The summed E-state index contributed by atoms with van der Waals surface area (Å²) in [4.78, 5) is 11.1. The lowest BCUT2D eigenvalue weighted by Gasteiger charge is -2.09. The summed E-state index contributed by atoms with van der Waals surface area (Å²) in [6.45, 7) is 2.34.